The predicted molar refractivity (Wildman–Crippen MR) is 116 cm³/mol. The number of fused-ring (bicyclic) bond motifs is 1. The lowest BCUT2D eigenvalue weighted by Crippen LogP contribution is -2.39. The van der Waals surface area contributed by atoms with Gasteiger partial charge in [0.15, 0.2) is 0 Å². The van der Waals surface area contributed by atoms with Crippen LogP contribution >= 0.6 is 0 Å². The summed E-state index contributed by atoms with van der Waals surface area (Å²) < 4.78 is 16.3. The molecule has 162 valence electrons. The van der Waals surface area contributed by atoms with Crippen molar-refractivity contribution in [1.29, 1.82) is 0 Å². The van der Waals surface area contributed by atoms with Gasteiger partial charge < -0.3 is 19.3 Å². The predicted octanol–water partition coefficient (Wildman–Crippen LogP) is 3.67. The lowest BCUT2D eigenvalue weighted by Gasteiger charge is -2.39. The van der Waals surface area contributed by atoms with Gasteiger partial charge in [0.25, 0.3) is 0 Å². The fourth-order valence-electron chi connectivity index (χ4n) is 4.19. The van der Waals surface area contributed by atoms with Crippen molar-refractivity contribution in [1.82, 2.24) is 15.0 Å². The van der Waals surface area contributed by atoms with Gasteiger partial charge in [-0.1, -0.05) is 48.5 Å². The van der Waals surface area contributed by atoms with Crippen LogP contribution in [0.2, 0.25) is 0 Å². The molecular formula is C24H27N3O4. The van der Waals surface area contributed by atoms with E-state index in [0.29, 0.717) is 31.0 Å². The van der Waals surface area contributed by atoms with Crippen LogP contribution in [0.4, 0.5) is 0 Å². The molecule has 0 saturated heterocycles. The van der Waals surface area contributed by atoms with Gasteiger partial charge in [0.05, 0.1) is 26.7 Å². The van der Waals surface area contributed by atoms with Crippen LogP contribution in [0.1, 0.15) is 42.1 Å². The fraction of sp³-hybridized carbons (Fsp3) is 0.375. The average molecular weight is 421 g/mol. The highest BCUT2D eigenvalue weighted by atomic mass is 16.5. The summed E-state index contributed by atoms with van der Waals surface area (Å²) in [5, 5.41) is 12.0. The molecule has 1 aliphatic heterocycles. The molecular weight excluding hydrogens is 394 g/mol. The number of para-hydroxylation sites is 1. The molecule has 0 amide bonds. The lowest BCUT2D eigenvalue weighted by molar-refractivity contribution is -0.0335. The number of aromatic nitrogens is 3. The van der Waals surface area contributed by atoms with Crippen LogP contribution in [-0.4, -0.2) is 40.9 Å². The first kappa shape index (κ1) is 21.1. The number of aryl methyl sites for hydroxylation is 1. The van der Waals surface area contributed by atoms with E-state index in [2.05, 4.69) is 27.1 Å². The van der Waals surface area contributed by atoms with Gasteiger partial charge in [-0.3, -0.25) is 0 Å². The molecule has 4 rings (SSSR count). The Morgan fingerprint density at radius 3 is 2.35 bits per heavy atom. The van der Waals surface area contributed by atoms with Crippen LogP contribution in [0.15, 0.2) is 54.6 Å². The van der Waals surface area contributed by atoms with Gasteiger partial charge in [0.2, 0.25) is 0 Å². The number of methoxy groups -OCH3 is 2. The smallest absolute Gasteiger partial charge is 0.322 e. The summed E-state index contributed by atoms with van der Waals surface area (Å²) in [7, 11) is 3.00. The largest absolute Gasteiger partial charge is 0.493 e. The quantitative estimate of drug-likeness (QED) is 0.594. The Hall–Kier alpha value is -3.19. The zero-order valence-electron chi connectivity index (χ0n) is 17.8. The second-order valence-corrected chi connectivity index (χ2v) is 7.62. The highest BCUT2D eigenvalue weighted by Crippen LogP contribution is 2.47. The van der Waals surface area contributed by atoms with Crippen molar-refractivity contribution in [3.05, 3.63) is 71.5 Å². The molecule has 0 fully saturated rings. The van der Waals surface area contributed by atoms with E-state index in [1.165, 1.54) is 19.8 Å². The van der Waals surface area contributed by atoms with Crippen molar-refractivity contribution < 1.29 is 19.3 Å². The fourth-order valence-corrected chi connectivity index (χ4v) is 4.19. The zero-order chi connectivity index (χ0) is 21.7. The summed E-state index contributed by atoms with van der Waals surface area (Å²) >= 11 is 0. The number of ether oxygens (including phenoxy) is 3. The van der Waals surface area contributed by atoms with Crippen LogP contribution in [0.5, 0.6) is 17.8 Å². The van der Waals surface area contributed by atoms with Gasteiger partial charge in [-0.25, -0.2) is 0 Å². The summed E-state index contributed by atoms with van der Waals surface area (Å²) in [4.78, 5) is 13.1. The second-order valence-electron chi connectivity index (χ2n) is 7.62. The van der Waals surface area contributed by atoms with Crippen molar-refractivity contribution >= 4 is 0 Å². The van der Waals surface area contributed by atoms with Crippen LogP contribution in [-0.2, 0) is 12.0 Å². The summed E-state index contributed by atoms with van der Waals surface area (Å²) in [5.74, 6) is 0.764. The first-order chi connectivity index (χ1) is 15.1. The standard InChI is InChI=1S/C24H27N3O4/c1-29-22-25-21(26-23(27-22)30-2)19(13-8-11-17-9-4-3-5-10-17)24(28)15-16-31-20-14-7-6-12-18(20)24/h3-7,9-10,12,14,19,28H,8,11,13,15-16H2,1-2H3/t19-,24+/m1/s1. The van der Waals surface area contributed by atoms with E-state index in [-0.39, 0.29) is 17.9 Å². The van der Waals surface area contributed by atoms with Gasteiger partial charge in [0, 0.05) is 12.0 Å². The van der Waals surface area contributed by atoms with Gasteiger partial charge in [-0.05, 0) is 30.9 Å². The maximum Gasteiger partial charge on any atom is 0.322 e. The third-order valence-electron chi connectivity index (χ3n) is 5.76. The Kier molecular flexibility index (Phi) is 6.32. The molecule has 1 aliphatic rings. The second kappa shape index (κ2) is 9.31. The molecule has 2 heterocycles. The van der Waals surface area contributed by atoms with Crippen molar-refractivity contribution in [2.45, 2.75) is 37.2 Å². The normalized spacial score (nSPS) is 18.5. The molecule has 31 heavy (non-hydrogen) atoms. The molecule has 1 N–H and O–H groups in total. The highest BCUT2D eigenvalue weighted by Gasteiger charge is 2.45. The van der Waals surface area contributed by atoms with Gasteiger partial charge in [-0.2, -0.15) is 9.97 Å². The third kappa shape index (κ3) is 4.46. The number of hydrogen-bond acceptors (Lipinski definition) is 7. The lowest BCUT2D eigenvalue weighted by atomic mass is 9.74. The third-order valence-corrected chi connectivity index (χ3v) is 5.76. The van der Waals surface area contributed by atoms with Crippen molar-refractivity contribution in [3.63, 3.8) is 0 Å². The minimum absolute atomic E-state index is 0.166. The molecule has 0 spiro atoms. The maximum absolute atomic E-state index is 12.0. The highest BCUT2D eigenvalue weighted by molar-refractivity contribution is 5.41. The van der Waals surface area contributed by atoms with E-state index in [0.717, 1.165) is 18.4 Å². The molecule has 2 atom stereocenters. The van der Waals surface area contributed by atoms with Crippen molar-refractivity contribution in [3.8, 4) is 17.8 Å². The average Bonchev–Trinajstić information content (AvgIpc) is 2.82. The van der Waals surface area contributed by atoms with Gasteiger partial charge in [0.1, 0.15) is 17.2 Å². The molecule has 0 radical (unpaired) electrons. The van der Waals surface area contributed by atoms with Crippen LogP contribution in [0.3, 0.4) is 0 Å². The van der Waals surface area contributed by atoms with E-state index in [1.54, 1.807) is 0 Å². The molecule has 1 aromatic heterocycles. The minimum Gasteiger partial charge on any atom is -0.493 e. The number of rotatable bonds is 8. The van der Waals surface area contributed by atoms with E-state index < -0.39 is 5.60 Å². The number of hydrogen-bond donors (Lipinski definition) is 1. The molecule has 0 saturated carbocycles. The Bertz CT molecular complexity index is 992. The Morgan fingerprint density at radius 1 is 0.968 bits per heavy atom. The molecule has 0 bridgehead atoms. The number of nitrogens with zero attached hydrogens (tertiary/aromatic N) is 3. The number of aliphatic hydroxyl groups is 1. The summed E-state index contributed by atoms with van der Waals surface area (Å²) in [6.07, 6.45) is 2.87. The topological polar surface area (TPSA) is 86.6 Å². The van der Waals surface area contributed by atoms with Gasteiger partial charge >= 0.3 is 12.0 Å². The number of benzene rings is 2. The maximum atomic E-state index is 12.0. The van der Waals surface area contributed by atoms with Crippen LogP contribution < -0.4 is 14.2 Å². The van der Waals surface area contributed by atoms with Crippen LogP contribution in [0, 0.1) is 0 Å². The summed E-state index contributed by atoms with van der Waals surface area (Å²) in [6, 6.07) is 18.3. The van der Waals surface area contributed by atoms with Crippen molar-refractivity contribution in [2.75, 3.05) is 20.8 Å². The van der Waals surface area contributed by atoms with E-state index in [9.17, 15) is 5.11 Å². The first-order valence-electron chi connectivity index (χ1n) is 10.5. The molecule has 0 unspecified atom stereocenters. The van der Waals surface area contributed by atoms with Crippen LogP contribution in [0.25, 0.3) is 0 Å². The Morgan fingerprint density at radius 2 is 1.65 bits per heavy atom. The van der Waals surface area contributed by atoms with E-state index in [4.69, 9.17) is 14.2 Å². The van der Waals surface area contributed by atoms with Gasteiger partial charge in [-0.15, -0.1) is 4.98 Å². The molecule has 7 heteroatoms. The summed E-state index contributed by atoms with van der Waals surface area (Å²) in [6.45, 7) is 0.419. The van der Waals surface area contributed by atoms with E-state index in [1.807, 2.05) is 42.5 Å². The molecule has 3 aromatic rings. The zero-order valence-corrected chi connectivity index (χ0v) is 17.8. The SMILES string of the molecule is COc1nc(OC)nc([C@@H](CCCc2ccccc2)[C@]2(O)CCOc3ccccc32)n1. The Labute approximate surface area is 182 Å². The monoisotopic (exact) mass is 421 g/mol. The van der Waals surface area contributed by atoms with Crippen molar-refractivity contribution in [2.24, 2.45) is 0 Å². The molecule has 7 nitrogen and oxygen atoms in total. The minimum atomic E-state index is -1.18. The molecule has 2 aromatic carbocycles. The molecule has 0 aliphatic carbocycles. The summed E-state index contributed by atoms with van der Waals surface area (Å²) in [5.41, 5.74) is 0.832. The first-order valence-corrected chi connectivity index (χ1v) is 10.5. The Balaban J connectivity index is 1.71. The van der Waals surface area contributed by atoms with E-state index >= 15 is 0 Å².